The van der Waals surface area contributed by atoms with Gasteiger partial charge in [-0.1, -0.05) is 63.3 Å². The van der Waals surface area contributed by atoms with E-state index in [-0.39, 0.29) is 18.3 Å². The van der Waals surface area contributed by atoms with Gasteiger partial charge in [0.15, 0.2) is 0 Å². The molecule has 1 heterocycles. The second kappa shape index (κ2) is 13.2. The van der Waals surface area contributed by atoms with E-state index in [1.54, 1.807) is 0 Å². The molecule has 1 saturated heterocycles. The average Bonchev–Trinajstić information content (AvgIpc) is 3.32. The molecule has 0 bridgehead atoms. The van der Waals surface area contributed by atoms with Crippen LogP contribution in [-0.4, -0.2) is 34.5 Å². The minimum atomic E-state index is -0.697. The van der Waals surface area contributed by atoms with E-state index in [0.717, 1.165) is 51.4 Å². The Kier molecular flexibility index (Phi) is 11.5. The highest BCUT2D eigenvalue weighted by atomic mass is 16.6. The molecule has 2 N–H and O–H groups in total. The number of aliphatic hydroxyl groups excluding tert-OH is 1. The molecule has 0 spiro atoms. The molecule has 1 rings (SSSR count). The van der Waals surface area contributed by atoms with Crippen molar-refractivity contribution >= 4 is 5.97 Å². The number of aliphatic hydroxyl groups is 1. The summed E-state index contributed by atoms with van der Waals surface area (Å²) in [4.78, 5) is 10.4. The largest absolute Gasteiger partial charge is 0.481 e. The maximum absolute atomic E-state index is 10.4. The molecule has 3 atom stereocenters. The van der Waals surface area contributed by atoms with E-state index in [9.17, 15) is 9.90 Å². The number of unbranched alkanes of at least 4 members (excludes halogenated alkanes) is 5. The lowest BCUT2D eigenvalue weighted by Crippen LogP contribution is -2.15. The molecule has 0 aromatic rings. The van der Waals surface area contributed by atoms with Crippen molar-refractivity contribution in [2.75, 3.05) is 0 Å². The van der Waals surface area contributed by atoms with Crippen molar-refractivity contribution in [1.82, 2.24) is 0 Å². The summed E-state index contributed by atoms with van der Waals surface area (Å²) in [5, 5.41) is 18.6. The normalized spacial score (nSPS) is 21.6. The smallest absolute Gasteiger partial charge is 0.303 e. The molecule has 138 valence electrons. The number of hydrogen-bond acceptors (Lipinski definition) is 3. The van der Waals surface area contributed by atoms with Crippen molar-refractivity contribution in [3.63, 3.8) is 0 Å². The standard InChI is InChI=1S/C20H34O4/c1-2-3-4-5-8-11-14-17(21)20-18(24-20)15-12-9-6-7-10-13-16-19(22)23/h3-4,8,11,17-18,20-21H,2,5-7,9-10,12-16H2,1H3,(H,22,23)/b4-3-,11-8-. The minimum Gasteiger partial charge on any atom is -0.481 e. The van der Waals surface area contributed by atoms with E-state index < -0.39 is 5.97 Å². The van der Waals surface area contributed by atoms with Crippen LogP contribution in [0.2, 0.25) is 0 Å². The lowest BCUT2D eigenvalue weighted by atomic mass is 10.0. The Morgan fingerprint density at radius 3 is 2.42 bits per heavy atom. The molecule has 1 aliphatic heterocycles. The molecular formula is C20H34O4. The SMILES string of the molecule is CC/C=C\C/C=C\CC(O)C1OC1CCCCCCCCC(=O)O. The molecule has 0 aromatic carbocycles. The zero-order chi connectivity index (χ0) is 17.6. The quantitative estimate of drug-likeness (QED) is 0.260. The van der Waals surface area contributed by atoms with Gasteiger partial charge in [0, 0.05) is 6.42 Å². The molecule has 3 unspecified atom stereocenters. The molecule has 1 aliphatic rings. The highest BCUT2D eigenvalue weighted by Crippen LogP contribution is 2.31. The second-order valence-corrected chi connectivity index (χ2v) is 6.58. The van der Waals surface area contributed by atoms with Crippen LogP contribution in [0.5, 0.6) is 0 Å². The first-order valence-electron chi connectivity index (χ1n) is 9.50. The lowest BCUT2D eigenvalue weighted by molar-refractivity contribution is -0.137. The number of allylic oxidation sites excluding steroid dienone is 3. The van der Waals surface area contributed by atoms with E-state index in [1.807, 2.05) is 6.08 Å². The Bertz CT molecular complexity index is 389. The second-order valence-electron chi connectivity index (χ2n) is 6.58. The highest BCUT2D eigenvalue weighted by molar-refractivity contribution is 5.66. The summed E-state index contributed by atoms with van der Waals surface area (Å²) in [6, 6.07) is 0. The van der Waals surface area contributed by atoms with Gasteiger partial charge in [0.2, 0.25) is 0 Å². The molecule has 1 fully saturated rings. The predicted octanol–water partition coefficient (Wildman–Crippen LogP) is 4.62. The summed E-state index contributed by atoms with van der Waals surface area (Å²) in [5.41, 5.74) is 0. The fourth-order valence-corrected chi connectivity index (χ4v) is 2.86. The fourth-order valence-electron chi connectivity index (χ4n) is 2.86. The number of epoxide rings is 1. The van der Waals surface area contributed by atoms with Crippen molar-refractivity contribution in [1.29, 1.82) is 0 Å². The summed E-state index contributed by atoms with van der Waals surface area (Å²) >= 11 is 0. The number of carbonyl (C=O) groups is 1. The van der Waals surface area contributed by atoms with Gasteiger partial charge in [0.25, 0.3) is 0 Å². The summed E-state index contributed by atoms with van der Waals surface area (Å²) in [7, 11) is 0. The molecule has 0 saturated carbocycles. The van der Waals surface area contributed by atoms with Crippen LogP contribution in [0.15, 0.2) is 24.3 Å². The molecule has 4 nitrogen and oxygen atoms in total. The minimum absolute atomic E-state index is 0.0244. The van der Waals surface area contributed by atoms with Crippen molar-refractivity contribution in [3.8, 4) is 0 Å². The van der Waals surface area contributed by atoms with Crippen LogP contribution in [0.4, 0.5) is 0 Å². The number of rotatable bonds is 15. The fraction of sp³-hybridized carbons (Fsp3) is 0.750. The van der Waals surface area contributed by atoms with Crippen molar-refractivity contribution in [3.05, 3.63) is 24.3 Å². The Balaban J connectivity index is 1.92. The topological polar surface area (TPSA) is 70.1 Å². The van der Waals surface area contributed by atoms with Crippen molar-refractivity contribution in [2.24, 2.45) is 0 Å². The Labute approximate surface area is 146 Å². The van der Waals surface area contributed by atoms with Crippen molar-refractivity contribution in [2.45, 2.75) is 95.9 Å². The van der Waals surface area contributed by atoms with Gasteiger partial charge in [0.1, 0.15) is 6.10 Å². The molecule has 4 heteroatoms. The van der Waals surface area contributed by atoms with Crippen LogP contribution < -0.4 is 0 Å². The first-order chi connectivity index (χ1) is 11.6. The van der Waals surface area contributed by atoms with Gasteiger partial charge in [-0.3, -0.25) is 4.79 Å². The predicted molar refractivity (Wildman–Crippen MR) is 97.0 cm³/mol. The van der Waals surface area contributed by atoms with Crippen LogP contribution in [-0.2, 0) is 9.53 Å². The zero-order valence-corrected chi connectivity index (χ0v) is 15.0. The van der Waals surface area contributed by atoms with Crippen LogP contribution in [0.3, 0.4) is 0 Å². The van der Waals surface area contributed by atoms with Gasteiger partial charge in [-0.05, 0) is 32.1 Å². The third-order valence-corrected chi connectivity index (χ3v) is 4.35. The summed E-state index contributed by atoms with van der Waals surface area (Å²) in [6.07, 6.45) is 18.7. The van der Waals surface area contributed by atoms with Gasteiger partial charge in [0.05, 0.1) is 12.2 Å². The molecule has 0 radical (unpaired) electrons. The number of ether oxygens (including phenoxy) is 1. The van der Waals surface area contributed by atoms with E-state index in [0.29, 0.717) is 12.8 Å². The number of carboxylic acids is 1. The summed E-state index contributed by atoms with van der Waals surface area (Å²) < 4.78 is 5.58. The summed E-state index contributed by atoms with van der Waals surface area (Å²) in [6.45, 7) is 2.12. The van der Waals surface area contributed by atoms with Crippen LogP contribution >= 0.6 is 0 Å². The van der Waals surface area contributed by atoms with Gasteiger partial charge in [-0.25, -0.2) is 0 Å². The Morgan fingerprint density at radius 1 is 1.04 bits per heavy atom. The van der Waals surface area contributed by atoms with Crippen LogP contribution in [0.25, 0.3) is 0 Å². The third kappa shape index (κ3) is 10.6. The summed E-state index contributed by atoms with van der Waals surface area (Å²) in [5.74, 6) is -0.697. The first kappa shape index (κ1) is 20.9. The first-order valence-corrected chi connectivity index (χ1v) is 9.50. The van der Waals surface area contributed by atoms with Crippen LogP contribution in [0, 0.1) is 0 Å². The molecule has 0 aromatic heterocycles. The van der Waals surface area contributed by atoms with E-state index in [1.165, 1.54) is 6.42 Å². The van der Waals surface area contributed by atoms with Crippen LogP contribution in [0.1, 0.15) is 77.6 Å². The molecule has 24 heavy (non-hydrogen) atoms. The van der Waals surface area contributed by atoms with Crippen molar-refractivity contribution < 1.29 is 19.7 Å². The maximum Gasteiger partial charge on any atom is 0.303 e. The Hall–Kier alpha value is -1.13. The van der Waals surface area contributed by atoms with Gasteiger partial charge >= 0.3 is 5.97 Å². The highest BCUT2D eigenvalue weighted by Gasteiger charge is 2.42. The molecule has 0 aliphatic carbocycles. The number of hydrogen-bond donors (Lipinski definition) is 2. The lowest BCUT2D eigenvalue weighted by Gasteiger charge is -2.03. The number of aliphatic carboxylic acids is 1. The van der Waals surface area contributed by atoms with Gasteiger partial charge < -0.3 is 14.9 Å². The monoisotopic (exact) mass is 338 g/mol. The molecular weight excluding hydrogens is 304 g/mol. The van der Waals surface area contributed by atoms with Gasteiger partial charge in [-0.15, -0.1) is 0 Å². The zero-order valence-electron chi connectivity index (χ0n) is 15.0. The average molecular weight is 338 g/mol. The van der Waals surface area contributed by atoms with E-state index >= 15 is 0 Å². The molecule has 0 amide bonds. The third-order valence-electron chi connectivity index (χ3n) is 4.35. The van der Waals surface area contributed by atoms with Gasteiger partial charge in [-0.2, -0.15) is 0 Å². The van der Waals surface area contributed by atoms with E-state index in [4.69, 9.17) is 9.84 Å². The number of carboxylic acid groups (broad SMARTS) is 1. The Morgan fingerprint density at radius 2 is 1.71 bits per heavy atom. The maximum atomic E-state index is 10.4. The van der Waals surface area contributed by atoms with E-state index in [2.05, 4.69) is 25.2 Å².